The maximum Gasteiger partial charge on any atom is 0.461 e. The monoisotopic (exact) mass is 578 g/mol. The summed E-state index contributed by atoms with van der Waals surface area (Å²) in [6, 6.07) is 5.83. The molecule has 0 saturated heterocycles. The molecule has 1 aliphatic carbocycles. The molecule has 2 nitrogen and oxygen atoms in total. The van der Waals surface area contributed by atoms with Crippen LogP contribution in [-0.4, -0.2) is 25.8 Å². The Balaban J connectivity index is 2.68. The van der Waals surface area contributed by atoms with E-state index in [1.54, 1.807) is 0 Å². The molecule has 0 saturated carbocycles. The fraction of sp³-hybridized carbons (Fsp3) is 0.333. The van der Waals surface area contributed by atoms with Crippen LogP contribution in [0.2, 0.25) is 5.02 Å². The second kappa shape index (κ2) is 7.28. The van der Waals surface area contributed by atoms with Crippen molar-refractivity contribution in [2.24, 2.45) is 0 Å². The summed E-state index contributed by atoms with van der Waals surface area (Å²) in [6.45, 7) is 0. The molecule has 0 heterocycles. The highest BCUT2D eigenvalue weighted by atomic mass is 79.9. The molecule has 2 rings (SSSR count). The molecular weight excluding hydrogens is 572 g/mol. The third-order valence-electron chi connectivity index (χ3n) is 3.79. The molecule has 0 N–H and O–H groups in total. The highest BCUT2D eigenvalue weighted by Gasteiger charge is 2.79. The van der Waals surface area contributed by atoms with Crippen molar-refractivity contribution in [3.05, 3.63) is 56.4 Å². The van der Waals surface area contributed by atoms with Crippen molar-refractivity contribution in [1.29, 1.82) is 0 Å². The number of rotatable bonds is 4. The summed E-state index contributed by atoms with van der Waals surface area (Å²) in [6.07, 6.45) is -5.69. The lowest BCUT2D eigenvalue weighted by atomic mass is 9.92. The van der Waals surface area contributed by atoms with Crippen LogP contribution in [0.25, 0.3) is 0 Å². The summed E-state index contributed by atoms with van der Waals surface area (Å²) in [7, 11) is -6.45. The van der Waals surface area contributed by atoms with Crippen LogP contribution in [0, 0.1) is 0 Å². The third-order valence-corrected chi connectivity index (χ3v) is 7.35. The second-order valence-electron chi connectivity index (χ2n) is 5.75. The first-order valence-corrected chi connectivity index (χ1v) is 10.5. The number of hydrogen-bond acceptors (Lipinski definition) is 2. The number of benzene rings is 1. The van der Waals surface area contributed by atoms with Crippen molar-refractivity contribution in [2.45, 2.75) is 28.1 Å². The fourth-order valence-corrected chi connectivity index (χ4v) is 6.46. The standard InChI is InChI=1S/C15H8Br2ClF7O2S/c16-8-5-9(7-12(17,6-8)10-3-1-2-4-11(10)18)28(26,27)15(24,25)13(19,20)14(21,22)23/h1-5,7H,6H2. The second-order valence-corrected chi connectivity index (χ2v) is 10.6. The summed E-state index contributed by atoms with van der Waals surface area (Å²) in [4.78, 5) is -1.42. The molecule has 0 fully saturated rings. The van der Waals surface area contributed by atoms with E-state index in [1.165, 1.54) is 24.3 Å². The van der Waals surface area contributed by atoms with Crippen LogP contribution in [0.1, 0.15) is 12.0 Å². The Bertz CT molecular complexity index is 957. The summed E-state index contributed by atoms with van der Waals surface area (Å²) in [5.41, 5.74) is 0.195. The van der Waals surface area contributed by atoms with Crippen LogP contribution >= 0.6 is 43.5 Å². The lowest BCUT2D eigenvalue weighted by Crippen LogP contribution is -2.56. The molecule has 0 amide bonds. The largest absolute Gasteiger partial charge is 0.461 e. The zero-order valence-electron chi connectivity index (χ0n) is 13.2. The molecule has 0 spiro atoms. The predicted octanol–water partition coefficient (Wildman–Crippen LogP) is 6.70. The first-order chi connectivity index (χ1) is 12.5. The van der Waals surface area contributed by atoms with E-state index in [9.17, 15) is 39.2 Å². The maximum absolute atomic E-state index is 13.9. The van der Waals surface area contributed by atoms with E-state index >= 15 is 0 Å². The maximum atomic E-state index is 13.9. The number of halogens is 10. The van der Waals surface area contributed by atoms with Crippen LogP contribution in [-0.2, 0) is 14.2 Å². The fourth-order valence-electron chi connectivity index (χ4n) is 2.38. The van der Waals surface area contributed by atoms with Gasteiger partial charge in [-0.3, -0.25) is 0 Å². The van der Waals surface area contributed by atoms with Crippen LogP contribution in [0.5, 0.6) is 0 Å². The molecule has 0 aliphatic heterocycles. The van der Waals surface area contributed by atoms with Crippen molar-refractivity contribution < 1.29 is 39.2 Å². The van der Waals surface area contributed by atoms with E-state index in [2.05, 4.69) is 31.9 Å². The smallest absolute Gasteiger partial charge is 0.217 e. The number of hydrogen-bond donors (Lipinski definition) is 0. The average Bonchev–Trinajstić information content (AvgIpc) is 2.52. The Hall–Kier alpha value is -0.590. The van der Waals surface area contributed by atoms with E-state index in [1.807, 2.05) is 0 Å². The minimum Gasteiger partial charge on any atom is -0.217 e. The highest BCUT2D eigenvalue weighted by Crippen LogP contribution is 2.53. The lowest BCUT2D eigenvalue weighted by Gasteiger charge is -2.32. The summed E-state index contributed by atoms with van der Waals surface area (Å²) >= 11 is 12.1. The Morgan fingerprint density at radius 1 is 1.04 bits per heavy atom. The quantitative estimate of drug-likeness (QED) is 0.294. The van der Waals surface area contributed by atoms with Gasteiger partial charge >= 0.3 is 17.4 Å². The van der Waals surface area contributed by atoms with Crippen LogP contribution < -0.4 is 0 Å². The van der Waals surface area contributed by atoms with Gasteiger partial charge in [0.1, 0.15) is 0 Å². The molecule has 156 valence electrons. The Morgan fingerprint density at radius 3 is 2.07 bits per heavy atom. The Kier molecular flexibility index (Phi) is 6.16. The molecule has 0 bridgehead atoms. The zero-order chi connectivity index (χ0) is 21.8. The van der Waals surface area contributed by atoms with E-state index in [0.29, 0.717) is 12.2 Å². The van der Waals surface area contributed by atoms with E-state index in [4.69, 9.17) is 11.6 Å². The minimum atomic E-state index is -6.81. The Labute approximate surface area is 176 Å². The van der Waals surface area contributed by atoms with Gasteiger partial charge < -0.3 is 0 Å². The van der Waals surface area contributed by atoms with Gasteiger partial charge in [0.15, 0.2) is 0 Å². The van der Waals surface area contributed by atoms with Crippen LogP contribution in [0.15, 0.2) is 45.8 Å². The van der Waals surface area contributed by atoms with Gasteiger partial charge in [-0.05, 0) is 28.3 Å². The van der Waals surface area contributed by atoms with Crippen molar-refractivity contribution in [1.82, 2.24) is 0 Å². The van der Waals surface area contributed by atoms with E-state index in [-0.39, 0.29) is 21.5 Å². The molecule has 1 unspecified atom stereocenters. The van der Waals surface area contributed by atoms with Gasteiger partial charge in [0.25, 0.3) is 0 Å². The summed E-state index contributed by atoms with van der Waals surface area (Å²) in [5, 5.41) is -6.36. The van der Waals surface area contributed by atoms with Gasteiger partial charge in [-0.1, -0.05) is 61.7 Å². The summed E-state index contributed by atoms with van der Waals surface area (Å²) in [5.74, 6) is -6.81. The SMILES string of the molecule is O=S(=O)(C1=CC(Br)(c2ccccc2Cl)CC(Br)=C1)C(F)(F)C(F)(F)C(F)(F)F. The van der Waals surface area contributed by atoms with Gasteiger partial charge in [0.2, 0.25) is 9.84 Å². The molecule has 1 aromatic rings. The normalized spacial score (nSPS) is 21.9. The first kappa shape index (κ1) is 23.7. The van der Waals surface area contributed by atoms with Gasteiger partial charge in [0, 0.05) is 11.4 Å². The number of sulfone groups is 1. The first-order valence-electron chi connectivity index (χ1n) is 7.07. The van der Waals surface area contributed by atoms with Crippen molar-refractivity contribution in [3.8, 4) is 0 Å². The molecule has 0 radical (unpaired) electrons. The summed E-state index contributed by atoms with van der Waals surface area (Å²) < 4.78 is 114. The highest BCUT2D eigenvalue weighted by molar-refractivity contribution is 9.12. The number of alkyl halides is 8. The van der Waals surface area contributed by atoms with Gasteiger partial charge in [-0.25, -0.2) is 8.42 Å². The lowest BCUT2D eigenvalue weighted by molar-refractivity contribution is -0.331. The molecule has 13 heteroatoms. The van der Waals surface area contributed by atoms with Gasteiger partial charge in [0.05, 0.1) is 9.23 Å². The van der Waals surface area contributed by atoms with Gasteiger partial charge in [-0.2, -0.15) is 30.7 Å². The molecule has 1 aromatic carbocycles. The molecular formula is C15H8Br2ClF7O2S. The van der Waals surface area contributed by atoms with Crippen LogP contribution in [0.4, 0.5) is 30.7 Å². The molecule has 1 atom stereocenters. The van der Waals surface area contributed by atoms with E-state index < -0.39 is 36.4 Å². The third kappa shape index (κ3) is 3.77. The molecule has 1 aliphatic rings. The predicted molar refractivity (Wildman–Crippen MR) is 96.6 cm³/mol. The average molecular weight is 581 g/mol. The van der Waals surface area contributed by atoms with Crippen LogP contribution in [0.3, 0.4) is 0 Å². The van der Waals surface area contributed by atoms with Crippen molar-refractivity contribution in [3.63, 3.8) is 0 Å². The minimum absolute atomic E-state index is 0.0449. The molecule has 28 heavy (non-hydrogen) atoms. The topological polar surface area (TPSA) is 34.1 Å². The van der Waals surface area contributed by atoms with Gasteiger partial charge in [-0.15, -0.1) is 0 Å². The Morgan fingerprint density at radius 2 is 1.57 bits per heavy atom. The van der Waals surface area contributed by atoms with Crippen molar-refractivity contribution in [2.75, 3.05) is 0 Å². The zero-order valence-corrected chi connectivity index (χ0v) is 17.9. The van der Waals surface area contributed by atoms with E-state index in [0.717, 1.165) is 0 Å². The number of allylic oxidation sites excluding steroid dienone is 3. The van der Waals surface area contributed by atoms with Crippen molar-refractivity contribution >= 4 is 53.3 Å². The molecule has 0 aromatic heterocycles.